The summed E-state index contributed by atoms with van der Waals surface area (Å²) < 4.78 is 34.4. The fourth-order valence-electron chi connectivity index (χ4n) is 3.61. The molecule has 2 heterocycles. The molecule has 156 valence electrons. The molecule has 1 aromatic heterocycles. The van der Waals surface area contributed by atoms with Crippen LogP contribution in [0.3, 0.4) is 0 Å². The Bertz CT molecular complexity index is 1100. The molecule has 9 heteroatoms. The number of rotatable bonds is 5. The van der Waals surface area contributed by atoms with Gasteiger partial charge in [0.15, 0.2) is 11.9 Å². The highest BCUT2D eigenvalue weighted by molar-refractivity contribution is 9.10. The maximum absolute atomic E-state index is 13.6. The lowest BCUT2D eigenvalue weighted by molar-refractivity contribution is -0.154. The Morgan fingerprint density at radius 3 is 2.60 bits per heavy atom. The van der Waals surface area contributed by atoms with Crippen molar-refractivity contribution in [3.05, 3.63) is 58.8 Å². The van der Waals surface area contributed by atoms with Gasteiger partial charge in [0.1, 0.15) is 0 Å². The van der Waals surface area contributed by atoms with E-state index in [0.29, 0.717) is 11.2 Å². The molecule has 2 unspecified atom stereocenters. The Hall–Kier alpha value is -2.81. The first-order valence-electron chi connectivity index (χ1n) is 9.36. The molecule has 0 saturated carbocycles. The van der Waals surface area contributed by atoms with Gasteiger partial charge in [-0.2, -0.15) is 8.78 Å². The third-order valence-electron chi connectivity index (χ3n) is 5.07. The number of carbonyl (C=O) groups excluding carboxylic acids is 2. The molecule has 6 nitrogen and oxygen atoms in total. The van der Waals surface area contributed by atoms with Crippen LogP contribution in [0.15, 0.2) is 53.0 Å². The maximum Gasteiger partial charge on any atom is 0.320 e. The first-order chi connectivity index (χ1) is 14.3. The molecule has 1 saturated heterocycles. The molecule has 1 aliphatic rings. The Morgan fingerprint density at radius 2 is 1.90 bits per heavy atom. The van der Waals surface area contributed by atoms with Crippen LogP contribution in [-0.2, 0) is 14.3 Å². The topological polar surface area (TPSA) is 64.4 Å². The molecule has 1 aliphatic heterocycles. The average molecular weight is 478 g/mol. The van der Waals surface area contributed by atoms with E-state index in [-0.39, 0.29) is 30.2 Å². The smallest absolute Gasteiger partial charge is 0.320 e. The van der Waals surface area contributed by atoms with E-state index >= 15 is 0 Å². The van der Waals surface area contributed by atoms with Crippen LogP contribution in [0.5, 0.6) is 0 Å². The number of alkyl halides is 2. The minimum Gasteiger partial charge on any atom is -0.454 e. The van der Waals surface area contributed by atoms with Crippen molar-refractivity contribution in [2.45, 2.75) is 26.0 Å². The summed E-state index contributed by atoms with van der Waals surface area (Å²) in [5.41, 5.74) is 1.35. The molecule has 0 aliphatic carbocycles. The van der Waals surface area contributed by atoms with E-state index in [1.807, 2.05) is 12.1 Å². The molecule has 30 heavy (non-hydrogen) atoms. The Balaban J connectivity index is 1.50. The molecule has 4 rings (SSSR count). The zero-order chi connectivity index (χ0) is 21.4. The van der Waals surface area contributed by atoms with E-state index in [9.17, 15) is 18.4 Å². The van der Waals surface area contributed by atoms with Crippen molar-refractivity contribution in [2.75, 3.05) is 11.4 Å². The lowest BCUT2D eigenvalue weighted by atomic mass is 10.1. The number of amides is 1. The third kappa shape index (κ3) is 3.81. The number of esters is 1. The second-order valence-electron chi connectivity index (χ2n) is 7.07. The van der Waals surface area contributed by atoms with E-state index < -0.39 is 24.5 Å². The summed E-state index contributed by atoms with van der Waals surface area (Å²) in [6.07, 6.45) is -0.983. The number of halogens is 3. The molecular formula is C21H18BrF2N3O3. The molecule has 0 radical (unpaired) electrons. The zero-order valence-electron chi connectivity index (χ0n) is 16.0. The molecule has 1 fully saturated rings. The predicted molar refractivity (Wildman–Crippen MR) is 110 cm³/mol. The maximum atomic E-state index is 13.6. The van der Waals surface area contributed by atoms with Crippen molar-refractivity contribution >= 4 is 44.5 Å². The third-order valence-corrected chi connectivity index (χ3v) is 5.60. The second-order valence-corrected chi connectivity index (χ2v) is 7.98. The number of hydrogen-bond donors (Lipinski definition) is 0. The van der Waals surface area contributed by atoms with Crippen LogP contribution in [0.2, 0.25) is 0 Å². The molecule has 0 bridgehead atoms. The normalized spacial score (nSPS) is 17.7. The number of aromatic nitrogens is 2. The summed E-state index contributed by atoms with van der Waals surface area (Å²) in [7, 11) is 0. The fraction of sp³-hybridized carbons (Fsp3) is 0.286. The molecule has 0 N–H and O–H groups in total. The van der Waals surface area contributed by atoms with Gasteiger partial charge in [-0.25, -0.2) is 4.98 Å². The first-order valence-corrected chi connectivity index (χ1v) is 10.2. The minimum absolute atomic E-state index is 0.00683. The highest BCUT2D eigenvalue weighted by Gasteiger charge is 2.37. The number of fused-ring (bicyclic) bond motifs is 1. The molecule has 1 amide bonds. The van der Waals surface area contributed by atoms with Gasteiger partial charge in [0.25, 0.3) is 0 Å². The quantitative estimate of drug-likeness (QED) is 0.492. The van der Waals surface area contributed by atoms with Crippen molar-refractivity contribution in [2.24, 2.45) is 5.92 Å². The van der Waals surface area contributed by atoms with Crippen LogP contribution in [0.1, 0.15) is 31.8 Å². The molecule has 2 aromatic carbocycles. The van der Waals surface area contributed by atoms with E-state index in [2.05, 4.69) is 20.9 Å². The summed E-state index contributed by atoms with van der Waals surface area (Å²) >= 11 is 3.34. The van der Waals surface area contributed by atoms with Crippen LogP contribution in [-0.4, -0.2) is 28.0 Å². The van der Waals surface area contributed by atoms with Gasteiger partial charge >= 0.3 is 12.5 Å². The van der Waals surface area contributed by atoms with Gasteiger partial charge in [-0.1, -0.05) is 28.1 Å². The zero-order valence-corrected chi connectivity index (χ0v) is 17.6. The summed E-state index contributed by atoms with van der Waals surface area (Å²) in [4.78, 5) is 30.8. The van der Waals surface area contributed by atoms with Crippen molar-refractivity contribution in [1.82, 2.24) is 9.55 Å². The van der Waals surface area contributed by atoms with Gasteiger partial charge in [-0.05, 0) is 43.3 Å². The Morgan fingerprint density at radius 1 is 1.20 bits per heavy atom. The molecule has 0 spiro atoms. The number of ether oxygens (including phenoxy) is 1. The van der Waals surface area contributed by atoms with Gasteiger partial charge in [0.2, 0.25) is 5.91 Å². The van der Waals surface area contributed by atoms with Gasteiger partial charge in [-0.15, -0.1) is 0 Å². The molecule has 3 aromatic rings. The number of para-hydroxylation sites is 2. The highest BCUT2D eigenvalue weighted by atomic mass is 79.9. The second kappa shape index (κ2) is 8.14. The van der Waals surface area contributed by atoms with Gasteiger partial charge < -0.3 is 9.64 Å². The SMILES string of the molecule is CC(OC(=O)C1CC(=O)N(c2ccc(Br)cc2)C1)c1nc2ccccc2n1C(F)F. The number of carbonyl (C=O) groups is 2. The van der Waals surface area contributed by atoms with Gasteiger partial charge in [0, 0.05) is 23.1 Å². The number of nitrogens with zero attached hydrogens (tertiary/aromatic N) is 3. The van der Waals surface area contributed by atoms with Crippen molar-refractivity contribution < 1.29 is 23.1 Å². The molecular weight excluding hydrogens is 460 g/mol. The van der Waals surface area contributed by atoms with Crippen LogP contribution in [0.25, 0.3) is 11.0 Å². The number of benzene rings is 2. The predicted octanol–water partition coefficient (Wildman–Crippen LogP) is 4.85. The Kier molecular flexibility index (Phi) is 5.55. The average Bonchev–Trinajstić information content (AvgIpc) is 3.29. The largest absolute Gasteiger partial charge is 0.454 e. The van der Waals surface area contributed by atoms with Crippen LogP contribution in [0.4, 0.5) is 14.5 Å². The molecule has 2 atom stereocenters. The summed E-state index contributed by atoms with van der Waals surface area (Å²) in [6.45, 7) is -1.15. The summed E-state index contributed by atoms with van der Waals surface area (Å²) in [5, 5.41) is 0. The van der Waals surface area contributed by atoms with Crippen LogP contribution < -0.4 is 4.90 Å². The van der Waals surface area contributed by atoms with Crippen LogP contribution in [0, 0.1) is 5.92 Å². The van der Waals surface area contributed by atoms with Gasteiger partial charge in [0.05, 0.1) is 17.0 Å². The first kappa shape index (κ1) is 20.5. The monoisotopic (exact) mass is 477 g/mol. The lowest BCUT2D eigenvalue weighted by Crippen LogP contribution is -2.27. The Labute approximate surface area is 179 Å². The fourth-order valence-corrected chi connectivity index (χ4v) is 3.88. The van der Waals surface area contributed by atoms with Crippen molar-refractivity contribution in [3.8, 4) is 0 Å². The van der Waals surface area contributed by atoms with E-state index in [1.54, 1.807) is 30.3 Å². The van der Waals surface area contributed by atoms with Crippen LogP contribution >= 0.6 is 15.9 Å². The highest BCUT2D eigenvalue weighted by Crippen LogP contribution is 2.31. The van der Waals surface area contributed by atoms with E-state index in [0.717, 1.165) is 9.04 Å². The van der Waals surface area contributed by atoms with Crippen molar-refractivity contribution in [1.29, 1.82) is 0 Å². The summed E-state index contributed by atoms with van der Waals surface area (Å²) in [5.74, 6) is -1.50. The van der Waals surface area contributed by atoms with Crippen molar-refractivity contribution in [3.63, 3.8) is 0 Å². The lowest BCUT2D eigenvalue weighted by Gasteiger charge is -2.18. The number of hydrogen-bond acceptors (Lipinski definition) is 4. The van der Waals surface area contributed by atoms with E-state index in [4.69, 9.17) is 4.74 Å². The number of imidazole rings is 1. The van der Waals surface area contributed by atoms with Gasteiger partial charge in [-0.3, -0.25) is 14.2 Å². The minimum atomic E-state index is -2.82. The summed E-state index contributed by atoms with van der Waals surface area (Å²) in [6, 6.07) is 13.7. The van der Waals surface area contributed by atoms with E-state index in [1.165, 1.54) is 17.9 Å². The number of anilines is 1. The standard InChI is InChI=1S/C21H18BrF2N3O3/c1-12(19-25-16-4-2-3-5-17(16)27(19)21(23)24)30-20(29)13-10-18(28)26(11-13)15-8-6-14(22)7-9-15/h2-9,12-13,21H,10-11H2,1H3.